The number of aryl methyl sites for hydroxylation is 1. The molecule has 1 aromatic carbocycles. The van der Waals surface area contributed by atoms with Crippen LogP contribution >= 0.6 is 11.7 Å². The number of benzene rings is 1. The van der Waals surface area contributed by atoms with Crippen molar-refractivity contribution in [3.63, 3.8) is 0 Å². The number of hydrazine groups is 1. The van der Waals surface area contributed by atoms with Crippen LogP contribution in [0, 0.1) is 18.6 Å². The van der Waals surface area contributed by atoms with Crippen molar-refractivity contribution in [2.45, 2.75) is 13.0 Å². The number of rotatable bonds is 3. The van der Waals surface area contributed by atoms with Crippen molar-refractivity contribution in [3.05, 3.63) is 46.8 Å². The summed E-state index contributed by atoms with van der Waals surface area (Å²) in [5.41, 5.74) is 3.23. The first-order valence-electron chi connectivity index (χ1n) is 4.83. The molecule has 0 aliphatic heterocycles. The maximum Gasteiger partial charge on any atom is 0.164 e. The van der Waals surface area contributed by atoms with Crippen LogP contribution in [0.15, 0.2) is 18.3 Å². The van der Waals surface area contributed by atoms with Crippen LogP contribution < -0.4 is 11.3 Å². The van der Waals surface area contributed by atoms with Gasteiger partial charge in [0.2, 0.25) is 0 Å². The number of nitrogens with two attached hydrogens (primary N) is 1. The lowest BCUT2D eigenvalue weighted by Gasteiger charge is -2.15. The number of hydrogen-bond acceptors (Lipinski definition) is 5. The Morgan fingerprint density at radius 2 is 2.12 bits per heavy atom. The summed E-state index contributed by atoms with van der Waals surface area (Å²) in [6.45, 7) is 1.50. The van der Waals surface area contributed by atoms with E-state index in [0.29, 0.717) is 5.69 Å². The molecule has 2 rings (SSSR count). The number of aromatic nitrogens is 2. The minimum Gasteiger partial charge on any atom is -0.271 e. The fourth-order valence-corrected chi connectivity index (χ4v) is 1.97. The van der Waals surface area contributed by atoms with E-state index in [9.17, 15) is 8.78 Å². The number of nitrogens with zero attached hydrogens (tertiary/aromatic N) is 2. The van der Waals surface area contributed by atoms with Gasteiger partial charge in [-0.1, -0.05) is 12.1 Å². The minimum atomic E-state index is -0.916. The summed E-state index contributed by atoms with van der Waals surface area (Å²) in [7, 11) is 0. The average Bonchev–Trinajstić information content (AvgIpc) is 2.84. The summed E-state index contributed by atoms with van der Waals surface area (Å²) in [5.74, 6) is 3.57. The molecule has 0 amide bonds. The molecule has 1 atom stereocenters. The zero-order valence-electron chi connectivity index (χ0n) is 8.95. The Bertz CT molecular complexity index is 515. The van der Waals surface area contributed by atoms with Crippen molar-refractivity contribution in [1.29, 1.82) is 0 Å². The summed E-state index contributed by atoms with van der Waals surface area (Å²) in [5, 5.41) is 0. The lowest BCUT2D eigenvalue weighted by atomic mass is 10.0. The molecule has 0 saturated heterocycles. The topological polar surface area (TPSA) is 63.8 Å². The first kappa shape index (κ1) is 12.0. The fraction of sp³-hybridized carbons (Fsp3) is 0.200. The normalized spacial score (nSPS) is 12.7. The van der Waals surface area contributed by atoms with Gasteiger partial charge in [-0.05, 0) is 12.5 Å². The summed E-state index contributed by atoms with van der Waals surface area (Å²) in [6, 6.07) is 2.28. The lowest BCUT2D eigenvalue weighted by Crippen LogP contribution is -2.30. The monoisotopic (exact) mass is 256 g/mol. The number of nitrogens with one attached hydrogen (secondary N) is 1. The van der Waals surface area contributed by atoms with E-state index in [4.69, 9.17) is 5.84 Å². The van der Waals surface area contributed by atoms with Crippen LogP contribution in [-0.4, -0.2) is 8.75 Å². The predicted molar refractivity (Wildman–Crippen MR) is 60.2 cm³/mol. The van der Waals surface area contributed by atoms with E-state index in [1.807, 2.05) is 0 Å². The Hall–Kier alpha value is -1.44. The maximum atomic E-state index is 13.8. The zero-order valence-corrected chi connectivity index (χ0v) is 9.76. The molecule has 0 fully saturated rings. The van der Waals surface area contributed by atoms with Gasteiger partial charge in [0.1, 0.15) is 0 Å². The molecule has 0 aliphatic rings. The molecule has 2 aromatic rings. The van der Waals surface area contributed by atoms with Crippen LogP contribution in [0.1, 0.15) is 22.9 Å². The Kier molecular flexibility index (Phi) is 3.41. The first-order chi connectivity index (χ1) is 8.15. The molecule has 3 N–H and O–H groups in total. The molecule has 90 valence electrons. The van der Waals surface area contributed by atoms with Crippen molar-refractivity contribution < 1.29 is 8.78 Å². The molecule has 0 spiro atoms. The van der Waals surface area contributed by atoms with Crippen molar-refractivity contribution in [2.75, 3.05) is 0 Å². The standard InChI is InChI=1S/C10H10F2N4S/c1-5-2-3-6(9(12)8(5)11)10(15-13)7-4-14-17-16-7/h2-4,10,15H,13H2,1H3. The lowest BCUT2D eigenvalue weighted by molar-refractivity contribution is 0.477. The molecule has 0 aliphatic carbocycles. The fourth-order valence-electron chi connectivity index (χ4n) is 1.52. The molecule has 1 aromatic heterocycles. The molecule has 0 bridgehead atoms. The van der Waals surface area contributed by atoms with E-state index in [0.717, 1.165) is 11.7 Å². The van der Waals surface area contributed by atoms with Crippen LogP contribution in [-0.2, 0) is 0 Å². The van der Waals surface area contributed by atoms with Crippen LogP contribution in [0.5, 0.6) is 0 Å². The van der Waals surface area contributed by atoms with E-state index in [1.165, 1.54) is 25.3 Å². The van der Waals surface area contributed by atoms with Gasteiger partial charge >= 0.3 is 0 Å². The summed E-state index contributed by atoms with van der Waals surface area (Å²) in [6.07, 6.45) is 1.46. The highest BCUT2D eigenvalue weighted by Gasteiger charge is 2.21. The van der Waals surface area contributed by atoms with E-state index in [2.05, 4.69) is 14.2 Å². The molecule has 0 saturated carbocycles. The SMILES string of the molecule is Cc1ccc(C(NN)c2cnsn2)c(F)c1F. The summed E-state index contributed by atoms with van der Waals surface area (Å²) < 4.78 is 35.0. The van der Waals surface area contributed by atoms with Gasteiger partial charge in [0.05, 0.1) is 29.7 Å². The highest BCUT2D eigenvalue weighted by molar-refractivity contribution is 6.99. The summed E-state index contributed by atoms with van der Waals surface area (Å²) in [4.78, 5) is 0. The van der Waals surface area contributed by atoms with E-state index in [-0.39, 0.29) is 11.1 Å². The molecule has 1 unspecified atom stereocenters. The van der Waals surface area contributed by atoms with Crippen LogP contribution in [0.25, 0.3) is 0 Å². The smallest absolute Gasteiger partial charge is 0.164 e. The van der Waals surface area contributed by atoms with Gasteiger partial charge in [-0.2, -0.15) is 8.75 Å². The highest BCUT2D eigenvalue weighted by atomic mass is 32.1. The Morgan fingerprint density at radius 3 is 2.71 bits per heavy atom. The van der Waals surface area contributed by atoms with Gasteiger partial charge in [-0.15, -0.1) is 0 Å². The maximum absolute atomic E-state index is 13.8. The van der Waals surface area contributed by atoms with Crippen molar-refractivity contribution >= 4 is 11.7 Å². The van der Waals surface area contributed by atoms with Crippen molar-refractivity contribution in [1.82, 2.24) is 14.2 Å². The van der Waals surface area contributed by atoms with Gasteiger partial charge in [0.15, 0.2) is 11.6 Å². The third kappa shape index (κ3) is 2.17. The van der Waals surface area contributed by atoms with Crippen LogP contribution in [0.3, 0.4) is 0 Å². The second kappa shape index (κ2) is 4.82. The van der Waals surface area contributed by atoms with E-state index < -0.39 is 17.7 Å². The Balaban J connectivity index is 2.49. The van der Waals surface area contributed by atoms with Gasteiger partial charge in [-0.3, -0.25) is 5.84 Å². The van der Waals surface area contributed by atoms with Crippen molar-refractivity contribution in [3.8, 4) is 0 Å². The molecular formula is C10H10F2N4S. The predicted octanol–water partition coefficient (Wildman–Crippen LogP) is 1.68. The quantitative estimate of drug-likeness (QED) is 0.648. The minimum absolute atomic E-state index is 0.114. The second-order valence-electron chi connectivity index (χ2n) is 3.53. The van der Waals surface area contributed by atoms with Gasteiger partial charge < -0.3 is 0 Å². The Morgan fingerprint density at radius 1 is 1.35 bits per heavy atom. The highest BCUT2D eigenvalue weighted by Crippen LogP contribution is 2.25. The van der Waals surface area contributed by atoms with Crippen LogP contribution in [0.2, 0.25) is 0 Å². The number of halogens is 2. The van der Waals surface area contributed by atoms with E-state index in [1.54, 1.807) is 0 Å². The first-order valence-corrected chi connectivity index (χ1v) is 5.56. The molecule has 4 nitrogen and oxygen atoms in total. The molecule has 17 heavy (non-hydrogen) atoms. The van der Waals surface area contributed by atoms with Gasteiger partial charge in [0, 0.05) is 5.56 Å². The molecular weight excluding hydrogens is 246 g/mol. The molecule has 7 heteroatoms. The average molecular weight is 256 g/mol. The number of hydrogen-bond donors (Lipinski definition) is 2. The van der Waals surface area contributed by atoms with Gasteiger partial charge in [0.25, 0.3) is 0 Å². The third-order valence-corrected chi connectivity index (χ3v) is 2.95. The second-order valence-corrected chi connectivity index (χ2v) is 4.09. The Labute approximate surface area is 101 Å². The third-order valence-electron chi connectivity index (χ3n) is 2.46. The van der Waals surface area contributed by atoms with Gasteiger partial charge in [-0.25, -0.2) is 14.2 Å². The van der Waals surface area contributed by atoms with Crippen molar-refractivity contribution in [2.24, 2.45) is 5.84 Å². The molecule has 1 heterocycles. The largest absolute Gasteiger partial charge is 0.271 e. The van der Waals surface area contributed by atoms with E-state index >= 15 is 0 Å². The zero-order chi connectivity index (χ0) is 12.4. The molecule has 0 radical (unpaired) electrons. The summed E-state index contributed by atoms with van der Waals surface area (Å²) >= 11 is 0.979. The van der Waals surface area contributed by atoms with Crippen LogP contribution in [0.4, 0.5) is 8.78 Å².